The van der Waals surface area contributed by atoms with Gasteiger partial charge in [0.15, 0.2) is 0 Å². The smallest absolute Gasteiger partial charge is 0.237 e. The summed E-state index contributed by atoms with van der Waals surface area (Å²) in [5.41, 5.74) is 6.47. The second-order valence-corrected chi connectivity index (χ2v) is 4.46. The molecule has 0 atom stereocenters. The van der Waals surface area contributed by atoms with Gasteiger partial charge in [0.25, 0.3) is 0 Å². The fourth-order valence-electron chi connectivity index (χ4n) is 2.03. The molecular formula is C15H17N3O. The lowest BCUT2D eigenvalue weighted by molar-refractivity contribution is -0.118. The van der Waals surface area contributed by atoms with Crippen LogP contribution in [0.4, 0.5) is 0 Å². The van der Waals surface area contributed by atoms with E-state index in [1.807, 2.05) is 18.2 Å². The van der Waals surface area contributed by atoms with Crippen LogP contribution in [-0.4, -0.2) is 15.5 Å². The fourth-order valence-corrected chi connectivity index (χ4v) is 2.03. The van der Waals surface area contributed by atoms with Gasteiger partial charge in [-0.3, -0.25) is 4.79 Å². The van der Waals surface area contributed by atoms with Gasteiger partial charge in [-0.05, 0) is 12.0 Å². The Labute approximate surface area is 111 Å². The first kappa shape index (κ1) is 13.1. The van der Waals surface area contributed by atoms with Crippen LogP contribution < -0.4 is 16.4 Å². The number of aryl methyl sites for hydroxylation is 2. The van der Waals surface area contributed by atoms with Crippen molar-refractivity contribution < 1.29 is 4.79 Å². The molecule has 0 aliphatic rings. The summed E-state index contributed by atoms with van der Waals surface area (Å²) in [7, 11) is 0. The van der Waals surface area contributed by atoms with E-state index in [-0.39, 0.29) is 6.54 Å². The van der Waals surface area contributed by atoms with Crippen molar-refractivity contribution in [3.8, 4) is 0 Å². The van der Waals surface area contributed by atoms with Crippen molar-refractivity contribution in [3.63, 3.8) is 0 Å². The number of rotatable bonds is 5. The van der Waals surface area contributed by atoms with Crippen molar-refractivity contribution in [3.05, 3.63) is 52.4 Å². The van der Waals surface area contributed by atoms with E-state index in [1.165, 1.54) is 5.56 Å². The van der Waals surface area contributed by atoms with Crippen LogP contribution >= 0.6 is 0 Å². The number of imidazole rings is 1. The molecule has 1 aromatic heterocycles. The third-order valence-electron chi connectivity index (χ3n) is 3.03. The first-order chi connectivity index (χ1) is 9.08. The largest absolute Gasteiger partial charge is 0.368 e. The SMILES string of the molecule is C=c1nc(CCc2ccccc2)n(CC(N)=O)c1=C. The van der Waals surface area contributed by atoms with Gasteiger partial charge in [-0.15, -0.1) is 0 Å². The van der Waals surface area contributed by atoms with Crippen molar-refractivity contribution in [1.29, 1.82) is 0 Å². The van der Waals surface area contributed by atoms with Gasteiger partial charge in [0.1, 0.15) is 12.4 Å². The van der Waals surface area contributed by atoms with Crippen LogP contribution in [0.1, 0.15) is 11.4 Å². The minimum atomic E-state index is -0.400. The number of carbonyl (C=O) groups excluding carboxylic acids is 1. The number of nitrogens with zero attached hydrogens (tertiary/aromatic N) is 2. The maximum absolute atomic E-state index is 11.1. The van der Waals surface area contributed by atoms with Gasteiger partial charge in [-0.2, -0.15) is 0 Å². The summed E-state index contributed by atoms with van der Waals surface area (Å²) < 4.78 is 1.74. The molecule has 1 amide bonds. The molecule has 2 rings (SSSR count). The summed E-state index contributed by atoms with van der Waals surface area (Å²) in [6, 6.07) is 10.1. The normalized spacial score (nSPS) is 10.5. The topological polar surface area (TPSA) is 60.9 Å². The number of benzene rings is 1. The number of aromatic nitrogens is 2. The van der Waals surface area contributed by atoms with Gasteiger partial charge in [-0.1, -0.05) is 43.5 Å². The number of carbonyl (C=O) groups is 1. The van der Waals surface area contributed by atoms with Crippen molar-refractivity contribution in [2.45, 2.75) is 19.4 Å². The molecule has 0 radical (unpaired) electrons. The monoisotopic (exact) mass is 255 g/mol. The van der Waals surface area contributed by atoms with Crippen molar-refractivity contribution in [2.24, 2.45) is 5.73 Å². The van der Waals surface area contributed by atoms with Gasteiger partial charge in [-0.25, -0.2) is 4.98 Å². The van der Waals surface area contributed by atoms with E-state index in [2.05, 4.69) is 30.3 Å². The van der Waals surface area contributed by atoms with Gasteiger partial charge in [0.2, 0.25) is 5.91 Å². The predicted octanol–water partition coefficient (Wildman–Crippen LogP) is -0.0258. The molecule has 0 unspecified atom stereocenters. The quantitative estimate of drug-likeness (QED) is 0.816. The Bertz CT molecular complexity index is 673. The number of primary amides is 1. The molecule has 0 bridgehead atoms. The summed E-state index contributed by atoms with van der Waals surface area (Å²) >= 11 is 0. The maximum atomic E-state index is 11.1. The molecular weight excluding hydrogens is 238 g/mol. The Kier molecular flexibility index (Phi) is 3.80. The molecule has 98 valence electrons. The molecule has 2 aromatic rings. The summed E-state index contributed by atoms with van der Waals surface area (Å²) in [6.07, 6.45) is 1.59. The van der Waals surface area contributed by atoms with Crippen LogP contribution in [0, 0.1) is 0 Å². The van der Waals surface area contributed by atoms with Gasteiger partial charge >= 0.3 is 0 Å². The lowest BCUT2D eigenvalue weighted by Gasteiger charge is -2.06. The first-order valence-corrected chi connectivity index (χ1v) is 6.13. The van der Waals surface area contributed by atoms with E-state index in [9.17, 15) is 4.79 Å². The summed E-state index contributed by atoms with van der Waals surface area (Å²) in [5, 5.41) is 1.26. The molecule has 0 spiro atoms. The Balaban J connectivity index is 2.21. The molecule has 1 aromatic carbocycles. The molecule has 0 saturated carbocycles. The summed E-state index contributed by atoms with van der Waals surface area (Å²) in [5.74, 6) is 0.404. The third-order valence-corrected chi connectivity index (χ3v) is 3.03. The molecule has 0 saturated heterocycles. The average molecular weight is 255 g/mol. The molecule has 4 nitrogen and oxygen atoms in total. The van der Waals surface area contributed by atoms with Crippen molar-refractivity contribution in [2.75, 3.05) is 0 Å². The number of amides is 1. The van der Waals surface area contributed by atoms with Crippen LogP contribution in [0.3, 0.4) is 0 Å². The molecule has 1 heterocycles. The summed E-state index contributed by atoms with van der Waals surface area (Å²) in [6.45, 7) is 7.80. The van der Waals surface area contributed by atoms with E-state index in [0.717, 1.165) is 18.7 Å². The standard InChI is InChI=1S/C15H17N3O/c1-11-12(2)18(10-14(16)19)15(17-11)9-8-13-6-4-3-5-7-13/h3-7H,1-2,8-10H2,(H2,16,19). The zero-order valence-electron chi connectivity index (χ0n) is 10.8. The van der Waals surface area contributed by atoms with Crippen LogP contribution in [0.2, 0.25) is 0 Å². The fraction of sp³-hybridized carbons (Fsp3) is 0.200. The molecule has 0 aliphatic heterocycles. The van der Waals surface area contributed by atoms with E-state index in [4.69, 9.17) is 5.73 Å². The molecule has 0 fully saturated rings. The van der Waals surface area contributed by atoms with Crippen LogP contribution in [0.5, 0.6) is 0 Å². The van der Waals surface area contributed by atoms with E-state index in [1.54, 1.807) is 4.57 Å². The first-order valence-electron chi connectivity index (χ1n) is 6.13. The number of nitrogens with two attached hydrogens (primary N) is 1. The van der Waals surface area contributed by atoms with Gasteiger partial charge in [0.05, 0.1) is 10.7 Å². The van der Waals surface area contributed by atoms with E-state index >= 15 is 0 Å². The highest BCUT2D eigenvalue weighted by atomic mass is 16.1. The zero-order chi connectivity index (χ0) is 13.8. The minimum Gasteiger partial charge on any atom is -0.368 e. The van der Waals surface area contributed by atoms with Crippen molar-refractivity contribution in [1.82, 2.24) is 9.55 Å². The minimum absolute atomic E-state index is 0.103. The second-order valence-electron chi connectivity index (χ2n) is 4.46. The number of hydrogen-bond donors (Lipinski definition) is 1. The summed E-state index contributed by atoms with van der Waals surface area (Å²) in [4.78, 5) is 15.4. The van der Waals surface area contributed by atoms with E-state index < -0.39 is 5.91 Å². The second kappa shape index (κ2) is 5.52. The Morgan fingerprint density at radius 3 is 2.53 bits per heavy atom. The van der Waals surface area contributed by atoms with E-state index in [0.29, 0.717) is 10.7 Å². The van der Waals surface area contributed by atoms with Crippen molar-refractivity contribution >= 4 is 19.1 Å². The van der Waals surface area contributed by atoms with Crippen LogP contribution in [0.15, 0.2) is 30.3 Å². The third kappa shape index (κ3) is 3.10. The van der Waals surface area contributed by atoms with Gasteiger partial charge < -0.3 is 10.3 Å². The molecule has 19 heavy (non-hydrogen) atoms. The Morgan fingerprint density at radius 1 is 1.21 bits per heavy atom. The maximum Gasteiger partial charge on any atom is 0.237 e. The predicted molar refractivity (Wildman–Crippen MR) is 75.6 cm³/mol. The van der Waals surface area contributed by atoms with Crippen LogP contribution in [-0.2, 0) is 24.2 Å². The Morgan fingerprint density at radius 2 is 1.89 bits per heavy atom. The lowest BCUT2D eigenvalue weighted by atomic mass is 10.1. The van der Waals surface area contributed by atoms with Crippen LogP contribution in [0.25, 0.3) is 13.2 Å². The highest BCUT2D eigenvalue weighted by Crippen LogP contribution is 2.03. The lowest BCUT2D eigenvalue weighted by Crippen LogP contribution is -2.32. The average Bonchev–Trinajstić information content (AvgIpc) is 2.65. The molecule has 4 heteroatoms. The zero-order valence-corrected chi connectivity index (χ0v) is 10.8. The van der Waals surface area contributed by atoms with Gasteiger partial charge in [0, 0.05) is 6.42 Å². The highest BCUT2D eigenvalue weighted by Gasteiger charge is 2.08. The molecule has 0 aliphatic carbocycles. The number of hydrogen-bond acceptors (Lipinski definition) is 2. The highest BCUT2D eigenvalue weighted by molar-refractivity contribution is 5.73. The Hall–Kier alpha value is -2.36. The molecule has 2 N–H and O–H groups in total.